The molecule has 0 saturated heterocycles. The number of esters is 1. The summed E-state index contributed by atoms with van der Waals surface area (Å²) in [7, 11) is 4.88. The van der Waals surface area contributed by atoms with Crippen molar-refractivity contribution in [2.45, 2.75) is 12.5 Å². The minimum absolute atomic E-state index is 0.285. The van der Waals surface area contributed by atoms with Crippen molar-refractivity contribution in [2.75, 3.05) is 47.5 Å². The van der Waals surface area contributed by atoms with Crippen molar-refractivity contribution in [3.05, 3.63) is 35.9 Å². The molecule has 1 N–H and O–H groups in total. The van der Waals surface area contributed by atoms with E-state index in [2.05, 4.69) is 17.1 Å². The lowest BCUT2D eigenvalue weighted by Gasteiger charge is -2.36. The molecule has 0 aromatic heterocycles. The summed E-state index contributed by atoms with van der Waals surface area (Å²) in [5, 5.41) is 3.17. The molecule has 118 valence electrons. The van der Waals surface area contributed by atoms with Crippen LogP contribution in [-0.4, -0.2) is 58.4 Å². The number of carbonyl (C=O) groups excluding carboxylic acids is 1. The molecule has 1 atom stereocenters. The number of hydrogen-bond donors (Lipinski definition) is 1. The lowest BCUT2D eigenvalue weighted by Crippen LogP contribution is -2.56. The average Bonchev–Trinajstić information content (AvgIpc) is 2.55. The SMILES string of the molecule is CCN(CCOC)CC(NC)(C(=O)OC)c1ccccc1. The van der Waals surface area contributed by atoms with E-state index in [0.29, 0.717) is 13.2 Å². The lowest BCUT2D eigenvalue weighted by atomic mass is 9.89. The quantitative estimate of drug-likeness (QED) is 0.695. The Morgan fingerprint density at radius 2 is 1.95 bits per heavy atom. The predicted molar refractivity (Wildman–Crippen MR) is 83.2 cm³/mol. The Morgan fingerprint density at radius 3 is 2.43 bits per heavy atom. The van der Waals surface area contributed by atoms with Crippen molar-refractivity contribution in [3.63, 3.8) is 0 Å². The Balaban J connectivity index is 3.09. The largest absolute Gasteiger partial charge is 0.467 e. The molecule has 1 unspecified atom stereocenters. The second-order valence-electron chi connectivity index (χ2n) is 4.87. The third kappa shape index (κ3) is 4.27. The van der Waals surface area contributed by atoms with Crippen LogP contribution in [0.25, 0.3) is 0 Å². The van der Waals surface area contributed by atoms with Crippen LogP contribution in [0.3, 0.4) is 0 Å². The first-order valence-corrected chi connectivity index (χ1v) is 7.18. The Hall–Kier alpha value is -1.43. The number of rotatable bonds is 9. The third-order valence-corrected chi connectivity index (χ3v) is 3.75. The van der Waals surface area contributed by atoms with Gasteiger partial charge < -0.3 is 14.8 Å². The maximum Gasteiger partial charge on any atom is 0.332 e. The molecule has 0 saturated carbocycles. The predicted octanol–water partition coefficient (Wildman–Crippen LogP) is 1.24. The molecular formula is C16H26N2O3. The third-order valence-electron chi connectivity index (χ3n) is 3.75. The molecule has 1 aromatic rings. The van der Waals surface area contributed by atoms with Crippen LogP contribution in [0.2, 0.25) is 0 Å². The van der Waals surface area contributed by atoms with Gasteiger partial charge in [-0.25, -0.2) is 4.79 Å². The number of likely N-dealkylation sites (N-methyl/N-ethyl adjacent to an activating group) is 2. The highest BCUT2D eigenvalue weighted by molar-refractivity contribution is 5.83. The smallest absolute Gasteiger partial charge is 0.332 e. The van der Waals surface area contributed by atoms with Gasteiger partial charge in [0.15, 0.2) is 5.54 Å². The Bertz CT molecular complexity index is 425. The second-order valence-corrected chi connectivity index (χ2v) is 4.87. The number of nitrogens with one attached hydrogen (secondary N) is 1. The van der Waals surface area contributed by atoms with Gasteiger partial charge in [0.05, 0.1) is 13.7 Å². The fourth-order valence-corrected chi connectivity index (χ4v) is 2.40. The Morgan fingerprint density at radius 1 is 1.29 bits per heavy atom. The molecule has 0 aliphatic carbocycles. The fraction of sp³-hybridized carbons (Fsp3) is 0.562. The van der Waals surface area contributed by atoms with Gasteiger partial charge in [0, 0.05) is 20.2 Å². The molecule has 0 fully saturated rings. The molecule has 5 heteroatoms. The zero-order valence-electron chi connectivity index (χ0n) is 13.4. The van der Waals surface area contributed by atoms with Gasteiger partial charge in [-0.3, -0.25) is 4.90 Å². The number of benzene rings is 1. The van der Waals surface area contributed by atoms with E-state index in [4.69, 9.17) is 9.47 Å². The standard InChI is InChI=1S/C16H26N2O3/c1-5-18(11-12-20-3)13-16(17-2,15(19)21-4)14-9-7-6-8-10-14/h6-10,17H,5,11-13H2,1-4H3. The van der Waals surface area contributed by atoms with Crippen molar-refractivity contribution in [2.24, 2.45) is 0 Å². The van der Waals surface area contributed by atoms with Crippen molar-refractivity contribution < 1.29 is 14.3 Å². The zero-order valence-corrected chi connectivity index (χ0v) is 13.4. The summed E-state index contributed by atoms with van der Waals surface area (Å²) in [6, 6.07) is 9.67. The van der Waals surface area contributed by atoms with Crippen molar-refractivity contribution in [1.29, 1.82) is 0 Å². The molecule has 1 rings (SSSR count). The van der Waals surface area contributed by atoms with E-state index in [9.17, 15) is 4.79 Å². The van der Waals surface area contributed by atoms with Gasteiger partial charge in [-0.1, -0.05) is 37.3 Å². The summed E-state index contributed by atoms with van der Waals surface area (Å²) in [4.78, 5) is 14.6. The zero-order chi connectivity index (χ0) is 15.7. The fourth-order valence-electron chi connectivity index (χ4n) is 2.40. The van der Waals surface area contributed by atoms with Gasteiger partial charge in [-0.05, 0) is 19.2 Å². The Kier molecular flexibility index (Phi) is 7.36. The van der Waals surface area contributed by atoms with Crippen LogP contribution in [0.15, 0.2) is 30.3 Å². The van der Waals surface area contributed by atoms with Crippen LogP contribution in [0.5, 0.6) is 0 Å². The first-order valence-electron chi connectivity index (χ1n) is 7.18. The van der Waals surface area contributed by atoms with E-state index in [0.717, 1.165) is 18.7 Å². The second kappa shape index (κ2) is 8.77. The molecule has 0 radical (unpaired) electrons. The first-order chi connectivity index (χ1) is 10.1. The minimum atomic E-state index is -0.875. The molecule has 5 nitrogen and oxygen atoms in total. The monoisotopic (exact) mass is 294 g/mol. The normalized spacial score (nSPS) is 14.0. The van der Waals surface area contributed by atoms with Gasteiger partial charge >= 0.3 is 5.97 Å². The maximum absolute atomic E-state index is 12.4. The number of carbonyl (C=O) groups is 1. The summed E-state index contributed by atoms with van der Waals surface area (Å²) >= 11 is 0. The van der Waals surface area contributed by atoms with Crippen LogP contribution in [0.1, 0.15) is 12.5 Å². The number of methoxy groups -OCH3 is 2. The van der Waals surface area contributed by atoms with Crippen molar-refractivity contribution >= 4 is 5.97 Å². The van der Waals surface area contributed by atoms with Gasteiger partial charge in [-0.2, -0.15) is 0 Å². The summed E-state index contributed by atoms with van der Waals surface area (Å²) in [5.74, 6) is -0.285. The van der Waals surface area contributed by atoms with Gasteiger partial charge in [0.1, 0.15) is 0 Å². The molecule has 0 aliphatic rings. The summed E-state index contributed by atoms with van der Waals surface area (Å²) < 4.78 is 10.2. The van der Waals surface area contributed by atoms with E-state index < -0.39 is 5.54 Å². The van der Waals surface area contributed by atoms with Crippen LogP contribution in [0, 0.1) is 0 Å². The van der Waals surface area contributed by atoms with Crippen LogP contribution in [0.4, 0.5) is 0 Å². The van der Waals surface area contributed by atoms with Gasteiger partial charge in [0.2, 0.25) is 0 Å². The van der Waals surface area contributed by atoms with Crippen molar-refractivity contribution in [1.82, 2.24) is 10.2 Å². The van der Waals surface area contributed by atoms with E-state index in [1.165, 1.54) is 7.11 Å². The molecule has 0 bridgehead atoms. The molecule has 0 spiro atoms. The Labute approximate surface area is 127 Å². The molecule has 0 aliphatic heterocycles. The molecular weight excluding hydrogens is 268 g/mol. The topological polar surface area (TPSA) is 50.8 Å². The number of ether oxygens (including phenoxy) is 2. The molecule has 21 heavy (non-hydrogen) atoms. The maximum atomic E-state index is 12.4. The highest BCUT2D eigenvalue weighted by atomic mass is 16.5. The van der Waals surface area contributed by atoms with E-state index in [1.54, 1.807) is 14.2 Å². The minimum Gasteiger partial charge on any atom is -0.467 e. The van der Waals surface area contributed by atoms with Crippen molar-refractivity contribution in [3.8, 4) is 0 Å². The molecule has 0 heterocycles. The van der Waals surface area contributed by atoms with Crippen LogP contribution < -0.4 is 5.32 Å². The van der Waals surface area contributed by atoms with Gasteiger partial charge in [-0.15, -0.1) is 0 Å². The number of hydrogen-bond acceptors (Lipinski definition) is 5. The van der Waals surface area contributed by atoms with Gasteiger partial charge in [0.25, 0.3) is 0 Å². The number of nitrogens with zero attached hydrogens (tertiary/aromatic N) is 1. The highest BCUT2D eigenvalue weighted by Crippen LogP contribution is 2.24. The summed E-state index contributed by atoms with van der Waals surface area (Å²) in [6.07, 6.45) is 0. The molecule has 1 aromatic carbocycles. The highest BCUT2D eigenvalue weighted by Gasteiger charge is 2.41. The molecule has 0 amide bonds. The van der Waals surface area contributed by atoms with E-state index >= 15 is 0 Å². The lowest BCUT2D eigenvalue weighted by molar-refractivity contribution is -0.150. The van der Waals surface area contributed by atoms with E-state index in [1.807, 2.05) is 30.3 Å². The summed E-state index contributed by atoms with van der Waals surface area (Å²) in [6.45, 7) is 4.82. The van der Waals surface area contributed by atoms with Crippen LogP contribution >= 0.6 is 0 Å². The van der Waals surface area contributed by atoms with E-state index in [-0.39, 0.29) is 5.97 Å². The average molecular weight is 294 g/mol. The first kappa shape index (κ1) is 17.6. The summed E-state index contributed by atoms with van der Waals surface area (Å²) in [5.41, 5.74) is 0.0231. The van der Waals surface area contributed by atoms with Crippen LogP contribution in [-0.2, 0) is 19.8 Å².